The van der Waals surface area contributed by atoms with Crippen LogP contribution in [-0.2, 0) is 6.54 Å². The lowest BCUT2D eigenvalue weighted by molar-refractivity contribution is 0.954. The smallest absolute Gasteiger partial charge is 0.191 e. The van der Waals surface area contributed by atoms with Crippen LogP contribution < -0.4 is 11.1 Å². The summed E-state index contributed by atoms with van der Waals surface area (Å²) in [7, 11) is 0. The van der Waals surface area contributed by atoms with Crippen LogP contribution in [0.15, 0.2) is 16.6 Å². The number of thiazole rings is 1. The SMILES string of the molecule is CSc1nc(N)cc(NCc2csc(C)n2)n1. The lowest BCUT2D eigenvalue weighted by Gasteiger charge is -2.05. The molecule has 0 aliphatic carbocycles. The van der Waals surface area contributed by atoms with Gasteiger partial charge in [0.05, 0.1) is 17.2 Å². The van der Waals surface area contributed by atoms with Gasteiger partial charge in [0, 0.05) is 11.4 Å². The van der Waals surface area contributed by atoms with Crippen LogP contribution in [0.3, 0.4) is 0 Å². The van der Waals surface area contributed by atoms with Gasteiger partial charge in [0.2, 0.25) is 0 Å². The van der Waals surface area contributed by atoms with E-state index in [1.165, 1.54) is 11.8 Å². The van der Waals surface area contributed by atoms with Crippen LogP contribution in [0.25, 0.3) is 0 Å². The van der Waals surface area contributed by atoms with Gasteiger partial charge in [0.25, 0.3) is 0 Å². The normalized spacial score (nSPS) is 10.5. The highest BCUT2D eigenvalue weighted by Gasteiger charge is 2.03. The van der Waals surface area contributed by atoms with E-state index in [-0.39, 0.29) is 0 Å². The monoisotopic (exact) mass is 267 g/mol. The molecule has 0 bridgehead atoms. The molecule has 2 heterocycles. The fourth-order valence-corrected chi connectivity index (χ4v) is 2.29. The third-order valence-electron chi connectivity index (χ3n) is 2.03. The highest BCUT2D eigenvalue weighted by Crippen LogP contribution is 2.16. The predicted octanol–water partition coefficient (Wildman–Crippen LogP) is 2.16. The van der Waals surface area contributed by atoms with Gasteiger partial charge in [-0.2, -0.15) is 0 Å². The van der Waals surface area contributed by atoms with Crippen molar-refractivity contribution in [3.8, 4) is 0 Å². The number of anilines is 2. The molecule has 0 atom stereocenters. The molecule has 3 N–H and O–H groups in total. The molecule has 2 rings (SSSR count). The summed E-state index contributed by atoms with van der Waals surface area (Å²) in [5.74, 6) is 1.20. The molecular formula is C10H13N5S2. The minimum atomic E-state index is 0.473. The van der Waals surface area contributed by atoms with E-state index >= 15 is 0 Å². The highest BCUT2D eigenvalue weighted by atomic mass is 32.2. The molecule has 0 fully saturated rings. The Morgan fingerprint density at radius 3 is 2.88 bits per heavy atom. The van der Waals surface area contributed by atoms with E-state index in [1.54, 1.807) is 17.4 Å². The Morgan fingerprint density at radius 2 is 2.24 bits per heavy atom. The standard InChI is InChI=1S/C10H13N5S2/c1-6-13-7(5-17-6)4-12-9-3-8(11)14-10(15-9)16-2/h3,5H,4H2,1-2H3,(H3,11,12,14,15). The first-order valence-corrected chi connectivity index (χ1v) is 7.11. The fraction of sp³-hybridized carbons (Fsp3) is 0.300. The maximum absolute atomic E-state index is 5.69. The molecule has 0 aliphatic heterocycles. The topological polar surface area (TPSA) is 76.7 Å². The number of aryl methyl sites for hydroxylation is 1. The summed E-state index contributed by atoms with van der Waals surface area (Å²) >= 11 is 3.10. The second-order valence-corrected chi connectivity index (χ2v) is 5.21. The number of hydrogen-bond acceptors (Lipinski definition) is 7. The molecule has 2 aromatic heterocycles. The van der Waals surface area contributed by atoms with Crippen molar-refractivity contribution in [1.29, 1.82) is 0 Å². The molecular weight excluding hydrogens is 254 g/mol. The van der Waals surface area contributed by atoms with E-state index in [0.29, 0.717) is 17.5 Å². The molecule has 0 amide bonds. The minimum absolute atomic E-state index is 0.473. The van der Waals surface area contributed by atoms with E-state index < -0.39 is 0 Å². The molecule has 0 aromatic carbocycles. The lowest BCUT2D eigenvalue weighted by Crippen LogP contribution is -2.04. The zero-order valence-corrected chi connectivity index (χ0v) is 11.2. The lowest BCUT2D eigenvalue weighted by atomic mass is 10.4. The Kier molecular flexibility index (Phi) is 3.80. The number of nitrogens with one attached hydrogen (secondary N) is 1. The van der Waals surface area contributed by atoms with Crippen molar-refractivity contribution in [3.63, 3.8) is 0 Å². The third kappa shape index (κ3) is 3.31. The number of aromatic nitrogens is 3. The molecule has 5 nitrogen and oxygen atoms in total. The molecule has 17 heavy (non-hydrogen) atoms. The third-order valence-corrected chi connectivity index (χ3v) is 3.40. The number of hydrogen-bond donors (Lipinski definition) is 2. The fourth-order valence-electron chi connectivity index (χ4n) is 1.30. The van der Waals surface area contributed by atoms with Crippen molar-refractivity contribution in [3.05, 3.63) is 22.1 Å². The average Bonchev–Trinajstić information content (AvgIpc) is 2.72. The number of rotatable bonds is 4. The van der Waals surface area contributed by atoms with Gasteiger partial charge < -0.3 is 11.1 Å². The van der Waals surface area contributed by atoms with Gasteiger partial charge >= 0.3 is 0 Å². The predicted molar refractivity (Wildman–Crippen MR) is 72.4 cm³/mol. The maximum Gasteiger partial charge on any atom is 0.191 e. The molecule has 0 aliphatic rings. The quantitative estimate of drug-likeness (QED) is 0.653. The first-order valence-electron chi connectivity index (χ1n) is 5.01. The van der Waals surface area contributed by atoms with Crippen molar-refractivity contribution in [2.24, 2.45) is 0 Å². The van der Waals surface area contributed by atoms with Crippen LogP contribution in [0.2, 0.25) is 0 Å². The number of nitrogens with two attached hydrogens (primary N) is 1. The van der Waals surface area contributed by atoms with Gasteiger partial charge in [-0.25, -0.2) is 15.0 Å². The molecule has 2 aromatic rings. The molecule has 0 saturated carbocycles. The second-order valence-electron chi connectivity index (χ2n) is 3.38. The van der Waals surface area contributed by atoms with Crippen LogP contribution >= 0.6 is 23.1 Å². The summed E-state index contributed by atoms with van der Waals surface area (Å²) in [4.78, 5) is 12.8. The Balaban J connectivity index is 2.05. The van der Waals surface area contributed by atoms with Crippen LogP contribution in [0, 0.1) is 6.92 Å². The average molecular weight is 267 g/mol. The largest absolute Gasteiger partial charge is 0.383 e. The Bertz CT molecular complexity index is 511. The molecule has 7 heteroatoms. The minimum Gasteiger partial charge on any atom is -0.383 e. The highest BCUT2D eigenvalue weighted by molar-refractivity contribution is 7.98. The van der Waals surface area contributed by atoms with Crippen molar-refractivity contribution in [1.82, 2.24) is 15.0 Å². The summed E-state index contributed by atoms with van der Waals surface area (Å²) in [5.41, 5.74) is 6.70. The first-order chi connectivity index (χ1) is 8.17. The number of nitrogen functional groups attached to an aromatic ring is 1. The molecule has 0 radical (unpaired) electrons. The van der Waals surface area contributed by atoms with Crippen LogP contribution in [-0.4, -0.2) is 21.2 Å². The van der Waals surface area contributed by atoms with Gasteiger partial charge in [-0.05, 0) is 13.2 Å². The van der Waals surface area contributed by atoms with Crippen molar-refractivity contribution in [2.75, 3.05) is 17.3 Å². The van der Waals surface area contributed by atoms with Gasteiger partial charge in [0.1, 0.15) is 11.6 Å². The number of thioether (sulfide) groups is 1. The molecule has 90 valence electrons. The Hall–Kier alpha value is -1.34. The van der Waals surface area contributed by atoms with Crippen LogP contribution in [0.1, 0.15) is 10.7 Å². The Labute approximate surface area is 108 Å². The van der Waals surface area contributed by atoms with Gasteiger partial charge in [-0.15, -0.1) is 11.3 Å². The number of nitrogens with zero attached hydrogens (tertiary/aromatic N) is 3. The summed E-state index contributed by atoms with van der Waals surface area (Å²) < 4.78 is 0. The van der Waals surface area contributed by atoms with Gasteiger partial charge in [-0.3, -0.25) is 0 Å². The molecule has 0 saturated heterocycles. The zero-order chi connectivity index (χ0) is 12.3. The summed E-state index contributed by atoms with van der Waals surface area (Å²) in [6.45, 7) is 2.64. The Morgan fingerprint density at radius 1 is 1.41 bits per heavy atom. The zero-order valence-electron chi connectivity index (χ0n) is 9.60. The first kappa shape index (κ1) is 12.1. The van der Waals surface area contributed by atoms with Crippen molar-refractivity contribution < 1.29 is 0 Å². The van der Waals surface area contributed by atoms with E-state index in [9.17, 15) is 0 Å². The summed E-state index contributed by atoms with van der Waals surface area (Å²) in [6, 6.07) is 1.72. The maximum atomic E-state index is 5.69. The van der Waals surface area contributed by atoms with Gasteiger partial charge in [0.15, 0.2) is 5.16 Å². The van der Waals surface area contributed by atoms with Crippen molar-refractivity contribution in [2.45, 2.75) is 18.6 Å². The van der Waals surface area contributed by atoms with Crippen molar-refractivity contribution >= 4 is 34.7 Å². The molecule has 0 unspecified atom stereocenters. The summed E-state index contributed by atoms with van der Waals surface area (Å²) in [5, 5.41) is 6.95. The van der Waals surface area contributed by atoms with Crippen LogP contribution in [0.4, 0.5) is 11.6 Å². The van der Waals surface area contributed by atoms with Gasteiger partial charge in [-0.1, -0.05) is 11.8 Å². The summed E-state index contributed by atoms with van der Waals surface area (Å²) in [6.07, 6.45) is 1.92. The molecule has 0 spiro atoms. The second kappa shape index (κ2) is 5.33. The van der Waals surface area contributed by atoms with E-state index in [2.05, 4.69) is 20.3 Å². The van der Waals surface area contributed by atoms with Crippen LogP contribution in [0.5, 0.6) is 0 Å². The van der Waals surface area contributed by atoms with E-state index in [4.69, 9.17) is 5.73 Å². The van der Waals surface area contributed by atoms with E-state index in [0.717, 1.165) is 16.5 Å². The van der Waals surface area contributed by atoms with E-state index in [1.807, 2.05) is 18.6 Å².